The number of piperidine rings is 1. The molecule has 0 saturated carbocycles. The highest BCUT2D eigenvalue weighted by Gasteiger charge is 2.57. The van der Waals surface area contributed by atoms with Gasteiger partial charge in [-0.3, -0.25) is 10.1 Å². The Kier molecular flexibility index (Phi) is 7.28. The molecule has 4 heterocycles. The third-order valence-corrected chi connectivity index (χ3v) is 7.99. The number of carbonyl (C=O) groups excluding carboxylic acids is 1. The number of urea groups is 1. The van der Waals surface area contributed by atoms with Crippen LogP contribution in [0.15, 0.2) is 53.5 Å². The van der Waals surface area contributed by atoms with Gasteiger partial charge in [0.15, 0.2) is 0 Å². The first kappa shape index (κ1) is 26.3. The van der Waals surface area contributed by atoms with Crippen LogP contribution in [0, 0.1) is 23.2 Å². The molecule has 2 aliphatic heterocycles. The van der Waals surface area contributed by atoms with Crippen LogP contribution in [0.4, 0.5) is 10.5 Å². The number of rotatable bonds is 5. The molecule has 0 radical (unpaired) electrons. The van der Waals surface area contributed by atoms with Gasteiger partial charge in [0.05, 0.1) is 27.1 Å². The normalized spacial score (nSPS) is 24.2. The summed E-state index contributed by atoms with van der Waals surface area (Å²) in [7, 11) is 0. The number of anilines is 1. The van der Waals surface area contributed by atoms with Crippen molar-refractivity contribution in [1.82, 2.24) is 30.9 Å². The average molecular weight is 545 g/mol. The predicted molar refractivity (Wildman–Crippen MR) is 149 cm³/mol. The molecular weight excluding hydrogens is 516 g/mol. The van der Waals surface area contributed by atoms with Crippen molar-refractivity contribution in [2.24, 2.45) is 16.3 Å². The molecule has 39 heavy (non-hydrogen) atoms. The molecular formula is C27H28N8O3S. The Hall–Kier alpha value is -4.34. The lowest BCUT2D eigenvalue weighted by Crippen LogP contribution is -2.71. The number of aliphatic carboxylic acids is 1. The van der Waals surface area contributed by atoms with Crippen molar-refractivity contribution in [3.8, 4) is 11.8 Å². The van der Waals surface area contributed by atoms with E-state index in [1.165, 1.54) is 17.7 Å². The summed E-state index contributed by atoms with van der Waals surface area (Å²) in [5, 5.41) is 19.5. The smallest absolute Gasteiger partial charge is 0.318 e. The van der Waals surface area contributed by atoms with Gasteiger partial charge in [-0.15, -0.1) is 11.3 Å². The zero-order valence-corrected chi connectivity index (χ0v) is 22.3. The molecule has 2 amide bonds. The van der Waals surface area contributed by atoms with E-state index in [1.807, 2.05) is 24.0 Å². The predicted octanol–water partition coefficient (Wildman–Crippen LogP) is 2.56. The van der Waals surface area contributed by atoms with E-state index in [2.05, 4.69) is 42.7 Å². The Balaban J connectivity index is 1.67. The minimum absolute atomic E-state index is 0.330. The van der Waals surface area contributed by atoms with Crippen LogP contribution >= 0.6 is 11.3 Å². The number of carboxylic acids is 1. The quantitative estimate of drug-likeness (QED) is 0.359. The van der Waals surface area contributed by atoms with E-state index >= 15 is 0 Å². The van der Waals surface area contributed by atoms with E-state index in [4.69, 9.17) is 4.99 Å². The summed E-state index contributed by atoms with van der Waals surface area (Å²) in [6, 6.07) is 5.08. The van der Waals surface area contributed by atoms with E-state index in [0.717, 1.165) is 15.8 Å². The number of aliphatic imine (C=N–C) groups is 1. The Morgan fingerprint density at radius 3 is 2.95 bits per heavy atom. The lowest BCUT2D eigenvalue weighted by Gasteiger charge is -2.52. The molecule has 0 aliphatic carbocycles. The minimum Gasteiger partial charge on any atom is -0.481 e. The van der Waals surface area contributed by atoms with E-state index in [9.17, 15) is 14.7 Å². The molecule has 3 aromatic rings. The molecule has 3 unspecified atom stereocenters. The second-order valence-corrected chi connectivity index (χ2v) is 10.3. The second-order valence-electron chi connectivity index (χ2n) is 9.47. The van der Waals surface area contributed by atoms with Gasteiger partial charge in [-0.25, -0.2) is 24.7 Å². The van der Waals surface area contributed by atoms with Crippen molar-refractivity contribution in [2.75, 3.05) is 24.5 Å². The summed E-state index contributed by atoms with van der Waals surface area (Å²) in [4.78, 5) is 45.0. The van der Waals surface area contributed by atoms with Crippen molar-refractivity contribution in [3.05, 3.63) is 59.8 Å². The summed E-state index contributed by atoms with van der Waals surface area (Å²) in [5.74, 6) is 3.26. The first-order valence-electron chi connectivity index (χ1n) is 12.5. The van der Waals surface area contributed by atoms with Crippen molar-refractivity contribution in [3.63, 3.8) is 0 Å². The molecule has 12 heteroatoms. The standard InChI is InChI=1S/C27H28N8O3S/c1-3-30-25(38)34-27(22-15-28-11-8-26(22,2)24(36)37)33-9-4-12-35(27)20-13-18(23-21(14-20)32-17-39-23)5-6-19-7-10-29-16-31-19/h4,7,9-10,12-14,16-17,22,28H,3,8,11,15H2,1-2H3,(H,36,37)(H2,30,34,38). The minimum atomic E-state index is -1.45. The van der Waals surface area contributed by atoms with Crippen molar-refractivity contribution >= 4 is 45.5 Å². The van der Waals surface area contributed by atoms with Crippen molar-refractivity contribution in [1.29, 1.82) is 0 Å². The summed E-state index contributed by atoms with van der Waals surface area (Å²) in [6.07, 6.45) is 8.59. The molecule has 1 fully saturated rings. The number of nitrogens with one attached hydrogen (secondary N) is 3. The van der Waals surface area contributed by atoms with Crippen LogP contribution < -0.4 is 20.9 Å². The fraction of sp³-hybridized carbons (Fsp3) is 0.333. The number of fused-ring (bicyclic) bond motifs is 1. The average Bonchev–Trinajstić information content (AvgIpc) is 3.42. The first-order valence-corrected chi connectivity index (χ1v) is 13.4. The van der Waals surface area contributed by atoms with Crippen LogP contribution in [-0.2, 0) is 4.79 Å². The van der Waals surface area contributed by atoms with Crippen molar-refractivity contribution < 1.29 is 14.7 Å². The van der Waals surface area contributed by atoms with Gasteiger partial charge in [-0.2, -0.15) is 0 Å². The number of benzene rings is 1. The molecule has 3 atom stereocenters. The number of allylic oxidation sites excluding steroid dienone is 1. The topological polar surface area (TPSA) is 145 Å². The van der Waals surface area contributed by atoms with Gasteiger partial charge >= 0.3 is 12.0 Å². The van der Waals surface area contributed by atoms with Gasteiger partial charge < -0.3 is 20.6 Å². The monoisotopic (exact) mass is 544 g/mol. The number of thiazole rings is 1. The molecule has 1 aromatic carbocycles. The molecule has 2 aromatic heterocycles. The Bertz CT molecular complexity index is 1510. The third-order valence-electron chi connectivity index (χ3n) is 7.11. The number of aromatic nitrogens is 3. The lowest BCUT2D eigenvalue weighted by atomic mass is 9.68. The summed E-state index contributed by atoms with van der Waals surface area (Å²) in [5.41, 5.74) is 3.26. The van der Waals surface area contributed by atoms with Crippen LogP contribution in [0.5, 0.6) is 0 Å². The van der Waals surface area contributed by atoms with Gasteiger partial charge in [0.1, 0.15) is 12.0 Å². The molecule has 4 N–H and O–H groups in total. The molecule has 1 saturated heterocycles. The first-order chi connectivity index (χ1) is 18.9. The van der Waals surface area contributed by atoms with E-state index < -0.39 is 29.1 Å². The van der Waals surface area contributed by atoms with Crippen LogP contribution in [0.25, 0.3) is 10.2 Å². The molecule has 5 rings (SSSR count). The number of nitrogens with zero attached hydrogens (tertiary/aromatic N) is 5. The van der Waals surface area contributed by atoms with Crippen LogP contribution in [0.3, 0.4) is 0 Å². The van der Waals surface area contributed by atoms with Crippen LogP contribution in [-0.4, -0.2) is 63.7 Å². The summed E-state index contributed by atoms with van der Waals surface area (Å²) < 4.78 is 0.904. The maximum absolute atomic E-state index is 13.1. The van der Waals surface area contributed by atoms with E-state index in [-0.39, 0.29) is 0 Å². The summed E-state index contributed by atoms with van der Waals surface area (Å²) in [6.45, 7) is 4.81. The van der Waals surface area contributed by atoms with E-state index in [0.29, 0.717) is 37.4 Å². The Morgan fingerprint density at radius 1 is 1.31 bits per heavy atom. The van der Waals surface area contributed by atoms with Gasteiger partial charge in [-0.1, -0.05) is 5.92 Å². The van der Waals surface area contributed by atoms with Gasteiger partial charge in [0.25, 0.3) is 0 Å². The largest absolute Gasteiger partial charge is 0.481 e. The number of hydrogen-bond acceptors (Lipinski definition) is 9. The number of carboxylic acid groups (broad SMARTS) is 1. The highest BCUT2D eigenvalue weighted by atomic mass is 32.1. The zero-order chi connectivity index (χ0) is 27.5. The molecule has 200 valence electrons. The number of amides is 2. The highest BCUT2D eigenvalue weighted by molar-refractivity contribution is 7.17. The number of hydrogen-bond donors (Lipinski definition) is 4. The van der Waals surface area contributed by atoms with Crippen LogP contribution in [0.1, 0.15) is 31.5 Å². The fourth-order valence-electron chi connectivity index (χ4n) is 5.07. The zero-order valence-electron chi connectivity index (χ0n) is 21.5. The van der Waals surface area contributed by atoms with Crippen molar-refractivity contribution in [2.45, 2.75) is 26.1 Å². The van der Waals surface area contributed by atoms with Gasteiger partial charge in [-0.05, 0) is 57.0 Å². The Morgan fingerprint density at radius 2 is 2.18 bits per heavy atom. The molecule has 2 aliphatic rings. The molecule has 11 nitrogen and oxygen atoms in total. The lowest BCUT2D eigenvalue weighted by molar-refractivity contribution is -0.155. The second kappa shape index (κ2) is 10.8. The maximum Gasteiger partial charge on any atom is 0.318 e. The van der Waals surface area contributed by atoms with Gasteiger partial charge in [0.2, 0.25) is 5.79 Å². The Labute approximate surface area is 229 Å². The SMILES string of the molecule is CCNC(=O)NC1(C2CNCCC2(C)C(=O)O)N=CC=CN1c1cc(C#Cc2ccncn2)c2scnc2c1. The third kappa shape index (κ3) is 4.94. The molecule has 0 spiro atoms. The highest BCUT2D eigenvalue weighted by Crippen LogP contribution is 2.45. The molecule has 0 bridgehead atoms. The van der Waals surface area contributed by atoms with E-state index in [1.54, 1.807) is 43.2 Å². The fourth-order valence-corrected chi connectivity index (χ4v) is 5.81. The summed E-state index contributed by atoms with van der Waals surface area (Å²) >= 11 is 1.47. The van der Waals surface area contributed by atoms with Gasteiger partial charge in [0, 0.05) is 43.0 Å². The van der Waals surface area contributed by atoms with Crippen LogP contribution in [0.2, 0.25) is 0 Å². The number of carbonyl (C=O) groups is 2. The maximum atomic E-state index is 13.1.